The van der Waals surface area contributed by atoms with E-state index in [-0.39, 0.29) is 11.7 Å². The van der Waals surface area contributed by atoms with Crippen molar-refractivity contribution in [1.29, 1.82) is 0 Å². The summed E-state index contributed by atoms with van der Waals surface area (Å²) in [6.45, 7) is 3.61. The Morgan fingerprint density at radius 3 is 2.76 bits per heavy atom. The molecule has 0 spiro atoms. The van der Waals surface area contributed by atoms with Gasteiger partial charge in [0.25, 0.3) is 5.91 Å². The highest BCUT2D eigenvalue weighted by molar-refractivity contribution is 6.06. The molecule has 1 heterocycles. The highest BCUT2D eigenvalue weighted by Crippen LogP contribution is 2.28. The molecule has 21 heavy (non-hydrogen) atoms. The third kappa shape index (κ3) is 2.36. The molecule has 3 rings (SSSR count). The van der Waals surface area contributed by atoms with E-state index in [1.165, 1.54) is 0 Å². The Bertz CT molecular complexity index is 834. The van der Waals surface area contributed by atoms with Crippen LogP contribution in [0, 0.1) is 13.8 Å². The van der Waals surface area contributed by atoms with Crippen molar-refractivity contribution in [2.24, 2.45) is 0 Å². The second kappa shape index (κ2) is 4.98. The van der Waals surface area contributed by atoms with Crippen LogP contribution in [0.2, 0.25) is 0 Å². The number of anilines is 1. The third-order valence-corrected chi connectivity index (χ3v) is 3.70. The van der Waals surface area contributed by atoms with Gasteiger partial charge < -0.3 is 15.4 Å². The number of amides is 1. The maximum absolute atomic E-state index is 12.3. The summed E-state index contributed by atoms with van der Waals surface area (Å²) in [7, 11) is 0. The molecule has 4 heteroatoms. The molecule has 0 aliphatic carbocycles. The molecule has 4 nitrogen and oxygen atoms in total. The number of carbonyl (C=O) groups is 1. The lowest BCUT2D eigenvalue weighted by Crippen LogP contribution is -2.12. The highest BCUT2D eigenvalue weighted by atomic mass is 16.3. The van der Waals surface area contributed by atoms with Crippen LogP contribution in [0.3, 0.4) is 0 Å². The van der Waals surface area contributed by atoms with Gasteiger partial charge in [-0.25, -0.2) is 0 Å². The molecule has 0 aliphatic heterocycles. The zero-order valence-electron chi connectivity index (χ0n) is 11.9. The first-order chi connectivity index (χ1) is 10.1. The van der Waals surface area contributed by atoms with E-state index in [0.29, 0.717) is 16.8 Å². The Labute approximate surface area is 122 Å². The predicted molar refractivity (Wildman–Crippen MR) is 83.8 cm³/mol. The van der Waals surface area contributed by atoms with Crippen molar-refractivity contribution >= 4 is 22.5 Å². The number of H-pyrrole nitrogens is 1. The van der Waals surface area contributed by atoms with Crippen molar-refractivity contribution in [3.63, 3.8) is 0 Å². The highest BCUT2D eigenvalue weighted by Gasteiger charge is 2.11. The zero-order chi connectivity index (χ0) is 15.0. The molecule has 0 fully saturated rings. The Balaban J connectivity index is 1.91. The number of fused-ring (bicyclic) bond motifs is 1. The molecule has 1 amide bonds. The molecule has 3 aromatic rings. The van der Waals surface area contributed by atoms with Crippen molar-refractivity contribution in [2.75, 3.05) is 5.32 Å². The summed E-state index contributed by atoms with van der Waals surface area (Å²) in [6, 6.07) is 11.0. The fourth-order valence-electron chi connectivity index (χ4n) is 2.36. The van der Waals surface area contributed by atoms with E-state index in [9.17, 15) is 9.90 Å². The average Bonchev–Trinajstić information content (AvgIpc) is 2.95. The number of aromatic hydroxyl groups is 1. The minimum absolute atomic E-state index is 0.190. The Morgan fingerprint density at radius 2 is 1.95 bits per heavy atom. The van der Waals surface area contributed by atoms with Gasteiger partial charge >= 0.3 is 0 Å². The van der Waals surface area contributed by atoms with Crippen LogP contribution in [0.4, 0.5) is 5.69 Å². The van der Waals surface area contributed by atoms with E-state index in [0.717, 1.165) is 16.5 Å². The van der Waals surface area contributed by atoms with E-state index >= 15 is 0 Å². The number of phenols is 1. The van der Waals surface area contributed by atoms with Gasteiger partial charge in [0.05, 0.1) is 0 Å². The van der Waals surface area contributed by atoms with Crippen molar-refractivity contribution in [3.8, 4) is 5.75 Å². The SMILES string of the molecule is Cc1ccc(NC(=O)c2ccc3[nH]ccc3c2)c(C)c1O. The summed E-state index contributed by atoms with van der Waals surface area (Å²) >= 11 is 0. The van der Waals surface area contributed by atoms with Crippen LogP contribution in [-0.4, -0.2) is 16.0 Å². The number of hydrogen-bond acceptors (Lipinski definition) is 2. The van der Waals surface area contributed by atoms with Gasteiger partial charge in [0.15, 0.2) is 0 Å². The van der Waals surface area contributed by atoms with Crippen molar-refractivity contribution in [3.05, 3.63) is 59.3 Å². The molecule has 3 N–H and O–H groups in total. The standard InChI is InChI=1S/C17H16N2O2/c1-10-3-5-14(11(2)16(10)20)19-17(21)13-4-6-15-12(9-13)7-8-18-15/h3-9,18,20H,1-2H3,(H,19,21). The fourth-order valence-corrected chi connectivity index (χ4v) is 2.36. The monoisotopic (exact) mass is 280 g/mol. The Kier molecular flexibility index (Phi) is 3.14. The van der Waals surface area contributed by atoms with Crippen molar-refractivity contribution in [1.82, 2.24) is 4.98 Å². The number of rotatable bonds is 2. The Morgan fingerprint density at radius 1 is 1.14 bits per heavy atom. The lowest BCUT2D eigenvalue weighted by Gasteiger charge is -2.11. The second-order valence-electron chi connectivity index (χ2n) is 5.14. The molecule has 0 aliphatic rings. The number of benzene rings is 2. The number of aromatic nitrogens is 1. The third-order valence-electron chi connectivity index (χ3n) is 3.70. The van der Waals surface area contributed by atoms with Crippen molar-refractivity contribution < 1.29 is 9.90 Å². The van der Waals surface area contributed by atoms with Crippen LogP contribution in [-0.2, 0) is 0 Å². The summed E-state index contributed by atoms with van der Waals surface area (Å²) in [6.07, 6.45) is 1.84. The minimum Gasteiger partial charge on any atom is -0.507 e. The first-order valence-corrected chi connectivity index (χ1v) is 6.74. The van der Waals surface area contributed by atoms with Gasteiger partial charge in [0.2, 0.25) is 0 Å². The molecule has 0 atom stereocenters. The number of aryl methyl sites for hydroxylation is 1. The molecule has 106 valence electrons. The van der Waals surface area contributed by atoms with Gasteiger partial charge in [-0.1, -0.05) is 6.07 Å². The topological polar surface area (TPSA) is 65.1 Å². The first kappa shape index (κ1) is 13.2. The molecular weight excluding hydrogens is 264 g/mol. The average molecular weight is 280 g/mol. The van der Waals surface area contributed by atoms with Crippen LogP contribution in [0.1, 0.15) is 21.5 Å². The normalized spacial score (nSPS) is 10.8. The van der Waals surface area contributed by atoms with Gasteiger partial charge in [-0.15, -0.1) is 0 Å². The second-order valence-corrected chi connectivity index (χ2v) is 5.14. The van der Waals surface area contributed by atoms with Crippen LogP contribution >= 0.6 is 0 Å². The van der Waals surface area contributed by atoms with Gasteiger partial charge in [0.1, 0.15) is 5.75 Å². The molecule has 0 radical (unpaired) electrons. The van der Waals surface area contributed by atoms with E-state index in [1.807, 2.05) is 31.3 Å². The summed E-state index contributed by atoms with van der Waals surface area (Å²) in [4.78, 5) is 15.4. The van der Waals surface area contributed by atoms with Gasteiger partial charge in [0, 0.05) is 33.9 Å². The molecule has 0 bridgehead atoms. The largest absolute Gasteiger partial charge is 0.507 e. The summed E-state index contributed by atoms with van der Waals surface area (Å²) < 4.78 is 0. The number of nitrogens with one attached hydrogen (secondary N) is 2. The molecule has 2 aromatic carbocycles. The molecule has 0 saturated heterocycles. The molecule has 0 saturated carbocycles. The summed E-state index contributed by atoms with van der Waals surface area (Å²) in [5.74, 6) is 0.0262. The van der Waals surface area contributed by atoms with Crippen LogP contribution in [0.15, 0.2) is 42.6 Å². The summed E-state index contributed by atoms with van der Waals surface area (Å²) in [5.41, 5.74) is 3.67. The summed E-state index contributed by atoms with van der Waals surface area (Å²) in [5, 5.41) is 13.8. The smallest absolute Gasteiger partial charge is 0.255 e. The van der Waals surface area contributed by atoms with Gasteiger partial charge in [-0.2, -0.15) is 0 Å². The minimum atomic E-state index is -0.190. The number of hydrogen-bond donors (Lipinski definition) is 3. The van der Waals surface area contributed by atoms with Crippen molar-refractivity contribution in [2.45, 2.75) is 13.8 Å². The van der Waals surface area contributed by atoms with Crippen LogP contribution < -0.4 is 5.32 Å². The van der Waals surface area contributed by atoms with E-state index < -0.39 is 0 Å². The van der Waals surface area contributed by atoms with E-state index in [1.54, 1.807) is 25.1 Å². The fraction of sp³-hybridized carbons (Fsp3) is 0.118. The molecular formula is C17H16N2O2. The van der Waals surface area contributed by atoms with E-state index in [4.69, 9.17) is 0 Å². The number of phenolic OH excluding ortho intramolecular Hbond substituents is 1. The lowest BCUT2D eigenvalue weighted by atomic mass is 10.1. The van der Waals surface area contributed by atoms with Crippen LogP contribution in [0.25, 0.3) is 10.9 Å². The molecule has 1 aromatic heterocycles. The number of carbonyl (C=O) groups excluding carboxylic acids is 1. The quantitative estimate of drug-likeness (QED) is 0.669. The predicted octanol–water partition coefficient (Wildman–Crippen LogP) is 3.74. The Hall–Kier alpha value is -2.75. The lowest BCUT2D eigenvalue weighted by molar-refractivity contribution is 0.102. The van der Waals surface area contributed by atoms with Crippen LogP contribution in [0.5, 0.6) is 5.75 Å². The maximum Gasteiger partial charge on any atom is 0.255 e. The molecule has 0 unspecified atom stereocenters. The van der Waals surface area contributed by atoms with Gasteiger partial charge in [-0.3, -0.25) is 4.79 Å². The number of aromatic amines is 1. The zero-order valence-corrected chi connectivity index (χ0v) is 11.9. The first-order valence-electron chi connectivity index (χ1n) is 6.74. The maximum atomic E-state index is 12.3. The van der Waals surface area contributed by atoms with E-state index in [2.05, 4.69) is 10.3 Å². The van der Waals surface area contributed by atoms with Gasteiger partial charge in [-0.05, 0) is 49.7 Å².